The number of para-hydroxylation sites is 1. The van der Waals surface area contributed by atoms with Crippen LogP contribution in [0.2, 0.25) is 5.02 Å². The van der Waals surface area contributed by atoms with Gasteiger partial charge in [-0.05, 0) is 40.2 Å². The van der Waals surface area contributed by atoms with Crippen molar-refractivity contribution in [2.75, 3.05) is 0 Å². The third-order valence-corrected chi connectivity index (χ3v) is 3.41. The first-order chi connectivity index (χ1) is 10.1. The number of nitrogens with two attached hydrogens (primary N) is 2. The Balaban J connectivity index is 2.41. The van der Waals surface area contributed by atoms with E-state index in [1.807, 2.05) is 30.3 Å². The zero-order valence-electron chi connectivity index (χ0n) is 10.8. The molecule has 21 heavy (non-hydrogen) atoms. The van der Waals surface area contributed by atoms with Crippen molar-refractivity contribution in [3.05, 3.63) is 57.5 Å². The van der Waals surface area contributed by atoms with Crippen LogP contribution in [0.15, 0.2) is 57.1 Å². The van der Waals surface area contributed by atoms with Crippen LogP contribution >= 0.6 is 27.5 Å². The molecule has 108 valence electrons. The fourth-order valence-electron chi connectivity index (χ4n) is 1.53. The van der Waals surface area contributed by atoms with Crippen molar-refractivity contribution < 1.29 is 4.74 Å². The topological polar surface area (TPSA) is 86.0 Å². The molecule has 7 heteroatoms. The summed E-state index contributed by atoms with van der Waals surface area (Å²) in [5, 5.41) is 7.80. The van der Waals surface area contributed by atoms with E-state index in [4.69, 9.17) is 27.8 Å². The molecule has 2 rings (SSSR count). The van der Waals surface area contributed by atoms with Crippen molar-refractivity contribution in [2.45, 2.75) is 0 Å². The number of nitrogens with zero attached hydrogens (tertiary/aromatic N) is 2. The van der Waals surface area contributed by atoms with Crippen LogP contribution in [0.4, 0.5) is 0 Å². The first-order valence-electron chi connectivity index (χ1n) is 5.91. The summed E-state index contributed by atoms with van der Waals surface area (Å²) in [6.07, 6.45) is 1.47. The third kappa shape index (κ3) is 4.21. The van der Waals surface area contributed by atoms with Crippen molar-refractivity contribution in [3.63, 3.8) is 0 Å². The lowest BCUT2D eigenvalue weighted by molar-refractivity contribution is 0.482. The molecule has 0 bridgehead atoms. The maximum absolute atomic E-state index is 6.20. The summed E-state index contributed by atoms with van der Waals surface area (Å²) in [6, 6.07) is 12.8. The van der Waals surface area contributed by atoms with Gasteiger partial charge in [-0.1, -0.05) is 29.8 Å². The summed E-state index contributed by atoms with van der Waals surface area (Å²) in [7, 11) is 0. The summed E-state index contributed by atoms with van der Waals surface area (Å²) in [6.45, 7) is 0. The molecule has 0 unspecified atom stereocenters. The van der Waals surface area contributed by atoms with E-state index in [1.165, 1.54) is 6.21 Å². The molecule has 0 aliphatic carbocycles. The number of hydrogen-bond acceptors (Lipinski definition) is 3. The summed E-state index contributed by atoms with van der Waals surface area (Å²) in [5.74, 6) is 0.996. The number of hydrogen-bond donors (Lipinski definition) is 2. The Bertz CT molecular complexity index is 685. The van der Waals surface area contributed by atoms with E-state index < -0.39 is 0 Å². The Hall–Kier alpha value is -2.05. The molecule has 0 saturated carbocycles. The van der Waals surface area contributed by atoms with E-state index in [0.29, 0.717) is 22.1 Å². The molecule has 0 radical (unpaired) electrons. The first kappa shape index (κ1) is 15.3. The van der Waals surface area contributed by atoms with E-state index >= 15 is 0 Å². The summed E-state index contributed by atoms with van der Waals surface area (Å²) in [5.41, 5.74) is 11.1. The molecule has 0 aromatic heterocycles. The molecule has 0 saturated heterocycles. The molecule has 4 N–H and O–H groups in total. The lowest BCUT2D eigenvalue weighted by Gasteiger charge is -2.11. The Labute approximate surface area is 135 Å². The lowest BCUT2D eigenvalue weighted by atomic mass is 10.2. The van der Waals surface area contributed by atoms with Crippen LogP contribution in [-0.4, -0.2) is 12.2 Å². The molecule has 0 amide bonds. The van der Waals surface area contributed by atoms with Crippen LogP contribution in [-0.2, 0) is 0 Å². The largest absolute Gasteiger partial charge is 0.455 e. The van der Waals surface area contributed by atoms with Crippen LogP contribution in [0, 0.1) is 0 Å². The van der Waals surface area contributed by atoms with Crippen molar-refractivity contribution in [2.24, 2.45) is 21.7 Å². The molecule has 0 fully saturated rings. The monoisotopic (exact) mass is 366 g/mol. The quantitative estimate of drug-likeness (QED) is 0.492. The van der Waals surface area contributed by atoms with Gasteiger partial charge >= 0.3 is 0 Å². The van der Waals surface area contributed by atoms with Gasteiger partial charge < -0.3 is 16.2 Å². The van der Waals surface area contributed by atoms with Crippen LogP contribution < -0.4 is 16.2 Å². The molecule has 2 aromatic carbocycles. The predicted molar refractivity (Wildman–Crippen MR) is 89.1 cm³/mol. The highest BCUT2D eigenvalue weighted by atomic mass is 79.9. The number of ether oxygens (including phenoxy) is 1. The number of benzene rings is 2. The van der Waals surface area contributed by atoms with E-state index in [1.54, 1.807) is 12.1 Å². The van der Waals surface area contributed by atoms with E-state index in [9.17, 15) is 0 Å². The minimum atomic E-state index is -0.130. The standard InChI is InChI=1S/C14H12BrClN4O/c15-11-6-7-12(16)13(10(11)8-19-20-14(17)18)21-9-4-2-1-3-5-9/h1-8H,(H4,17,18,20). The zero-order valence-corrected chi connectivity index (χ0v) is 13.2. The minimum absolute atomic E-state index is 0.130. The second-order valence-electron chi connectivity index (χ2n) is 3.96. The van der Waals surface area contributed by atoms with E-state index in [2.05, 4.69) is 26.1 Å². The Morgan fingerprint density at radius 2 is 1.86 bits per heavy atom. The summed E-state index contributed by atoms with van der Waals surface area (Å²) in [4.78, 5) is 0. The SMILES string of the molecule is NC(N)=NN=Cc1c(Br)ccc(Cl)c1Oc1ccccc1. The van der Waals surface area contributed by atoms with Crippen molar-refractivity contribution >= 4 is 39.7 Å². The fraction of sp³-hybridized carbons (Fsp3) is 0. The molecular weight excluding hydrogens is 356 g/mol. The molecule has 0 aliphatic rings. The van der Waals surface area contributed by atoms with Gasteiger partial charge in [0.05, 0.1) is 16.8 Å². The highest BCUT2D eigenvalue weighted by Crippen LogP contribution is 2.36. The van der Waals surface area contributed by atoms with Gasteiger partial charge in [-0.2, -0.15) is 5.10 Å². The number of rotatable bonds is 4. The molecule has 0 aliphatic heterocycles. The zero-order chi connectivity index (χ0) is 15.2. The van der Waals surface area contributed by atoms with Crippen LogP contribution in [0.3, 0.4) is 0 Å². The van der Waals surface area contributed by atoms with Crippen LogP contribution in [0.5, 0.6) is 11.5 Å². The van der Waals surface area contributed by atoms with E-state index in [-0.39, 0.29) is 5.96 Å². The fourth-order valence-corrected chi connectivity index (χ4v) is 2.15. The van der Waals surface area contributed by atoms with Gasteiger partial charge in [0.25, 0.3) is 0 Å². The number of halogens is 2. The van der Waals surface area contributed by atoms with Gasteiger partial charge in [-0.3, -0.25) is 0 Å². The Morgan fingerprint density at radius 3 is 2.52 bits per heavy atom. The average molecular weight is 368 g/mol. The van der Waals surface area contributed by atoms with Gasteiger partial charge in [0.1, 0.15) is 5.75 Å². The molecule has 2 aromatic rings. The molecule has 5 nitrogen and oxygen atoms in total. The van der Waals surface area contributed by atoms with Crippen LogP contribution in [0.25, 0.3) is 0 Å². The van der Waals surface area contributed by atoms with Gasteiger partial charge in [0.15, 0.2) is 5.75 Å². The van der Waals surface area contributed by atoms with Gasteiger partial charge in [0, 0.05) is 4.47 Å². The van der Waals surface area contributed by atoms with Crippen LogP contribution in [0.1, 0.15) is 5.56 Å². The molecular formula is C14H12BrClN4O. The predicted octanol–water partition coefficient (Wildman–Crippen LogP) is 3.50. The second-order valence-corrected chi connectivity index (χ2v) is 5.22. The highest BCUT2D eigenvalue weighted by Gasteiger charge is 2.12. The molecule has 0 heterocycles. The maximum atomic E-state index is 6.20. The first-order valence-corrected chi connectivity index (χ1v) is 7.08. The van der Waals surface area contributed by atoms with Crippen molar-refractivity contribution in [1.29, 1.82) is 0 Å². The Kier molecular flexibility index (Phi) is 5.19. The van der Waals surface area contributed by atoms with Gasteiger partial charge in [-0.15, -0.1) is 5.10 Å². The highest BCUT2D eigenvalue weighted by molar-refractivity contribution is 9.10. The third-order valence-electron chi connectivity index (χ3n) is 2.42. The van der Waals surface area contributed by atoms with Crippen molar-refractivity contribution in [3.8, 4) is 11.5 Å². The molecule has 0 spiro atoms. The van der Waals surface area contributed by atoms with E-state index in [0.717, 1.165) is 4.47 Å². The number of guanidine groups is 1. The lowest BCUT2D eigenvalue weighted by Crippen LogP contribution is -2.21. The van der Waals surface area contributed by atoms with Gasteiger partial charge in [0.2, 0.25) is 5.96 Å². The average Bonchev–Trinajstić information content (AvgIpc) is 2.46. The van der Waals surface area contributed by atoms with Gasteiger partial charge in [-0.25, -0.2) is 0 Å². The molecule has 0 atom stereocenters. The summed E-state index contributed by atoms with van der Waals surface area (Å²) >= 11 is 9.62. The maximum Gasteiger partial charge on any atom is 0.211 e. The summed E-state index contributed by atoms with van der Waals surface area (Å²) < 4.78 is 6.57. The minimum Gasteiger partial charge on any atom is -0.455 e. The Morgan fingerprint density at radius 1 is 1.14 bits per heavy atom. The normalized spacial score (nSPS) is 10.6. The van der Waals surface area contributed by atoms with Crippen molar-refractivity contribution in [1.82, 2.24) is 0 Å². The second kappa shape index (κ2) is 7.10. The smallest absolute Gasteiger partial charge is 0.211 e.